The van der Waals surface area contributed by atoms with Crippen LogP contribution < -0.4 is 10.1 Å². The Bertz CT molecular complexity index is 421. The normalized spacial score (nSPS) is 12.6. The molecule has 1 rings (SSSR count). The van der Waals surface area contributed by atoms with Crippen LogP contribution in [0, 0.1) is 0 Å². The number of ether oxygens (including phenoxy) is 2. The van der Waals surface area contributed by atoms with Gasteiger partial charge in [-0.15, -0.1) is 0 Å². The zero-order chi connectivity index (χ0) is 15.1. The Labute approximate surface area is 117 Å². The Morgan fingerprint density at radius 3 is 2.30 bits per heavy atom. The van der Waals surface area contributed by atoms with Crippen molar-refractivity contribution in [3.05, 3.63) is 29.8 Å². The molecule has 0 spiro atoms. The Hall–Kier alpha value is -1.69. The van der Waals surface area contributed by atoms with Gasteiger partial charge in [-0.25, -0.2) is 4.79 Å². The Balaban J connectivity index is 2.87. The standard InChI is InChI=1S/C14H19F2NO3/c1-4-19-13(18)12(17-9(2)3)10-5-7-11(8-6-10)20-14(15)16/h5-9,12,14,17H,4H2,1-3H3. The number of benzene rings is 1. The van der Waals surface area contributed by atoms with Gasteiger partial charge in [0.1, 0.15) is 11.8 Å². The molecule has 0 aliphatic rings. The number of carbonyl (C=O) groups excluding carboxylic acids is 1. The predicted molar refractivity (Wildman–Crippen MR) is 70.7 cm³/mol. The Morgan fingerprint density at radius 1 is 1.25 bits per heavy atom. The third kappa shape index (κ3) is 5.13. The van der Waals surface area contributed by atoms with E-state index in [1.807, 2.05) is 13.8 Å². The second-order valence-corrected chi connectivity index (χ2v) is 4.45. The van der Waals surface area contributed by atoms with Crippen molar-refractivity contribution in [2.24, 2.45) is 0 Å². The zero-order valence-electron chi connectivity index (χ0n) is 11.7. The fourth-order valence-electron chi connectivity index (χ4n) is 1.70. The van der Waals surface area contributed by atoms with Crippen LogP contribution in [-0.4, -0.2) is 25.2 Å². The smallest absolute Gasteiger partial charge is 0.387 e. The van der Waals surface area contributed by atoms with Gasteiger partial charge in [-0.2, -0.15) is 8.78 Å². The number of halogens is 2. The van der Waals surface area contributed by atoms with Gasteiger partial charge in [0.05, 0.1) is 6.61 Å². The molecule has 1 aromatic carbocycles. The van der Waals surface area contributed by atoms with Crippen molar-refractivity contribution in [2.75, 3.05) is 6.61 Å². The van der Waals surface area contributed by atoms with Gasteiger partial charge in [0.2, 0.25) is 0 Å². The van der Waals surface area contributed by atoms with Gasteiger partial charge in [-0.05, 0) is 38.5 Å². The summed E-state index contributed by atoms with van der Waals surface area (Å²) >= 11 is 0. The number of carbonyl (C=O) groups is 1. The molecule has 0 bridgehead atoms. The highest BCUT2D eigenvalue weighted by atomic mass is 19.3. The van der Waals surface area contributed by atoms with Crippen LogP contribution in [-0.2, 0) is 9.53 Å². The van der Waals surface area contributed by atoms with Gasteiger partial charge in [0.15, 0.2) is 0 Å². The van der Waals surface area contributed by atoms with Crippen molar-refractivity contribution in [1.82, 2.24) is 5.32 Å². The van der Waals surface area contributed by atoms with E-state index in [-0.39, 0.29) is 18.4 Å². The van der Waals surface area contributed by atoms with Crippen LogP contribution in [0.15, 0.2) is 24.3 Å². The molecule has 0 saturated heterocycles. The lowest BCUT2D eigenvalue weighted by Gasteiger charge is -2.20. The summed E-state index contributed by atoms with van der Waals surface area (Å²) in [6.45, 7) is 2.95. The van der Waals surface area contributed by atoms with Crippen molar-refractivity contribution in [3.63, 3.8) is 0 Å². The van der Waals surface area contributed by atoms with Gasteiger partial charge in [-0.1, -0.05) is 12.1 Å². The fourth-order valence-corrected chi connectivity index (χ4v) is 1.70. The SMILES string of the molecule is CCOC(=O)C(NC(C)C)c1ccc(OC(F)F)cc1. The molecule has 0 saturated carbocycles. The van der Waals surface area contributed by atoms with Crippen LogP contribution in [0.25, 0.3) is 0 Å². The number of nitrogens with one attached hydrogen (secondary N) is 1. The molecular weight excluding hydrogens is 268 g/mol. The van der Waals surface area contributed by atoms with Crippen molar-refractivity contribution >= 4 is 5.97 Å². The van der Waals surface area contributed by atoms with Crippen LogP contribution in [0.3, 0.4) is 0 Å². The lowest BCUT2D eigenvalue weighted by molar-refractivity contribution is -0.146. The van der Waals surface area contributed by atoms with Crippen LogP contribution in [0.5, 0.6) is 5.75 Å². The van der Waals surface area contributed by atoms with E-state index in [1.54, 1.807) is 19.1 Å². The lowest BCUT2D eigenvalue weighted by atomic mass is 10.1. The van der Waals surface area contributed by atoms with E-state index >= 15 is 0 Å². The van der Waals surface area contributed by atoms with Crippen LogP contribution in [0.1, 0.15) is 32.4 Å². The summed E-state index contributed by atoms with van der Waals surface area (Å²) in [7, 11) is 0. The molecule has 6 heteroatoms. The minimum Gasteiger partial charge on any atom is -0.465 e. The second-order valence-electron chi connectivity index (χ2n) is 4.45. The third-order valence-corrected chi connectivity index (χ3v) is 2.46. The van der Waals surface area contributed by atoms with Crippen molar-refractivity contribution in [3.8, 4) is 5.75 Å². The molecule has 4 nitrogen and oxygen atoms in total. The quantitative estimate of drug-likeness (QED) is 0.783. The van der Waals surface area contributed by atoms with E-state index in [2.05, 4.69) is 10.1 Å². The minimum atomic E-state index is -2.87. The maximum Gasteiger partial charge on any atom is 0.387 e. The number of rotatable bonds is 7. The largest absolute Gasteiger partial charge is 0.465 e. The van der Waals surface area contributed by atoms with Gasteiger partial charge < -0.3 is 9.47 Å². The first-order valence-corrected chi connectivity index (χ1v) is 6.41. The summed E-state index contributed by atoms with van der Waals surface area (Å²) in [6, 6.07) is 5.37. The number of esters is 1. The molecule has 1 N–H and O–H groups in total. The van der Waals surface area contributed by atoms with Crippen LogP contribution in [0.2, 0.25) is 0 Å². The van der Waals surface area contributed by atoms with E-state index in [0.29, 0.717) is 5.56 Å². The maximum absolute atomic E-state index is 12.1. The Morgan fingerprint density at radius 2 is 1.85 bits per heavy atom. The molecule has 0 radical (unpaired) electrons. The molecule has 0 fully saturated rings. The highest BCUT2D eigenvalue weighted by molar-refractivity contribution is 5.77. The summed E-state index contributed by atoms with van der Waals surface area (Å²) < 4.78 is 33.4. The van der Waals surface area contributed by atoms with Gasteiger partial charge in [-0.3, -0.25) is 5.32 Å². The molecule has 1 atom stereocenters. The number of alkyl halides is 2. The molecule has 0 amide bonds. The van der Waals surface area contributed by atoms with E-state index in [0.717, 1.165) is 0 Å². The monoisotopic (exact) mass is 287 g/mol. The van der Waals surface area contributed by atoms with Crippen molar-refractivity contribution < 1.29 is 23.0 Å². The van der Waals surface area contributed by atoms with Gasteiger partial charge in [0, 0.05) is 6.04 Å². The lowest BCUT2D eigenvalue weighted by Crippen LogP contribution is -2.34. The molecule has 1 aromatic rings. The first kappa shape index (κ1) is 16.4. The molecular formula is C14H19F2NO3. The van der Waals surface area contributed by atoms with E-state index in [9.17, 15) is 13.6 Å². The summed E-state index contributed by atoms with van der Waals surface area (Å²) in [5.41, 5.74) is 0.638. The summed E-state index contributed by atoms with van der Waals surface area (Å²) in [6.07, 6.45) is 0. The van der Waals surface area contributed by atoms with E-state index in [4.69, 9.17) is 4.74 Å². The molecule has 112 valence electrons. The summed E-state index contributed by atoms with van der Waals surface area (Å²) in [5.74, 6) is -0.348. The zero-order valence-corrected chi connectivity index (χ0v) is 11.7. The number of hydrogen-bond acceptors (Lipinski definition) is 4. The molecule has 20 heavy (non-hydrogen) atoms. The topological polar surface area (TPSA) is 47.6 Å². The average molecular weight is 287 g/mol. The van der Waals surface area contributed by atoms with Crippen LogP contribution >= 0.6 is 0 Å². The van der Waals surface area contributed by atoms with Gasteiger partial charge >= 0.3 is 12.6 Å². The third-order valence-electron chi connectivity index (χ3n) is 2.46. The summed E-state index contributed by atoms with van der Waals surface area (Å²) in [5, 5.41) is 3.08. The van der Waals surface area contributed by atoms with Crippen molar-refractivity contribution in [1.29, 1.82) is 0 Å². The molecule has 0 aliphatic heterocycles. The average Bonchev–Trinajstić information content (AvgIpc) is 2.36. The predicted octanol–water partition coefficient (Wildman–Crippen LogP) is 2.89. The molecule has 0 aromatic heterocycles. The fraction of sp³-hybridized carbons (Fsp3) is 0.500. The van der Waals surface area contributed by atoms with Gasteiger partial charge in [0.25, 0.3) is 0 Å². The minimum absolute atomic E-state index is 0.0518. The van der Waals surface area contributed by atoms with E-state index < -0.39 is 18.6 Å². The second kappa shape index (κ2) is 7.79. The van der Waals surface area contributed by atoms with Crippen molar-refractivity contribution in [2.45, 2.75) is 39.5 Å². The molecule has 0 heterocycles. The van der Waals surface area contributed by atoms with E-state index in [1.165, 1.54) is 12.1 Å². The number of hydrogen-bond donors (Lipinski definition) is 1. The highest BCUT2D eigenvalue weighted by Crippen LogP contribution is 2.21. The van der Waals surface area contributed by atoms with Crippen LogP contribution in [0.4, 0.5) is 8.78 Å². The molecule has 1 unspecified atom stereocenters. The Kier molecular flexibility index (Phi) is 6.38. The summed E-state index contributed by atoms with van der Waals surface area (Å²) in [4.78, 5) is 11.9. The first-order chi connectivity index (χ1) is 9.43. The highest BCUT2D eigenvalue weighted by Gasteiger charge is 2.22. The first-order valence-electron chi connectivity index (χ1n) is 6.41. The maximum atomic E-state index is 12.1. The molecule has 0 aliphatic carbocycles.